The topological polar surface area (TPSA) is 46.5 Å². The van der Waals surface area contributed by atoms with Crippen LogP contribution in [0.2, 0.25) is 0 Å². The van der Waals surface area contributed by atoms with E-state index in [1.54, 1.807) is 24.3 Å². The zero-order chi connectivity index (χ0) is 15.4. The molecule has 2 aromatic carbocycles. The van der Waals surface area contributed by atoms with Gasteiger partial charge in [0.2, 0.25) is 5.78 Å². The first-order chi connectivity index (χ1) is 10.0. The number of carbonyl (C=O) groups excluding carboxylic acids is 1. The van der Waals surface area contributed by atoms with Gasteiger partial charge in [-0.3, -0.25) is 4.79 Å². The fourth-order valence-corrected chi connectivity index (χ4v) is 1.86. The van der Waals surface area contributed by atoms with Gasteiger partial charge < -0.3 is 9.84 Å². The average Bonchev–Trinajstić information content (AvgIpc) is 2.49. The van der Waals surface area contributed by atoms with Crippen LogP contribution in [-0.2, 0) is 6.61 Å². The summed E-state index contributed by atoms with van der Waals surface area (Å²) in [6, 6.07) is 9.63. The molecule has 0 saturated carbocycles. The number of Topliss-reactive ketones (excluding diaryl/α,β-unsaturated/α-hetero) is 1. The second-order valence-electron chi connectivity index (χ2n) is 4.56. The molecule has 3 nitrogen and oxygen atoms in total. The molecule has 0 aromatic heterocycles. The lowest BCUT2D eigenvalue weighted by atomic mass is 10.1. The van der Waals surface area contributed by atoms with Crippen molar-refractivity contribution < 1.29 is 23.4 Å². The van der Waals surface area contributed by atoms with E-state index >= 15 is 0 Å². The summed E-state index contributed by atoms with van der Waals surface area (Å²) in [4.78, 5) is 12.1. The third-order valence-electron chi connectivity index (χ3n) is 2.97. The molecule has 0 aliphatic carbocycles. The summed E-state index contributed by atoms with van der Waals surface area (Å²) in [5.41, 5.74) is 0.694. The van der Waals surface area contributed by atoms with Crippen molar-refractivity contribution in [1.29, 1.82) is 0 Å². The molecule has 1 N–H and O–H groups in total. The van der Waals surface area contributed by atoms with Crippen molar-refractivity contribution in [2.45, 2.75) is 19.6 Å². The lowest BCUT2D eigenvalue weighted by Gasteiger charge is -2.14. The number of aliphatic hydroxyl groups excluding tert-OH is 1. The van der Waals surface area contributed by atoms with E-state index in [0.29, 0.717) is 11.3 Å². The van der Waals surface area contributed by atoms with Gasteiger partial charge in [0.05, 0.1) is 6.61 Å². The number of rotatable bonds is 5. The Morgan fingerprint density at radius 1 is 1.19 bits per heavy atom. The van der Waals surface area contributed by atoms with E-state index in [2.05, 4.69) is 0 Å². The van der Waals surface area contributed by atoms with Crippen molar-refractivity contribution >= 4 is 5.78 Å². The maximum absolute atomic E-state index is 13.1. The summed E-state index contributed by atoms with van der Waals surface area (Å²) in [7, 11) is 0. The fourth-order valence-electron chi connectivity index (χ4n) is 1.86. The molecule has 110 valence electrons. The standard InChI is InChI=1S/C16H14F2O3/c1-10(21-13-4-2-3-11(7-13)9-19)16(20)12-5-6-14(17)15(18)8-12/h2-8,10,19H,9H2,1H3. The molecule has 2 rings (SSSR count). The van der Waals surface area contributed by atoms with Gasteiger partial charge in [-0.25, -0.2) is 8.78 Å². The number of benzene rings is 2. The van der Waals surface area contributed by atoms with E-state index in [1.807, 2.05) is 0 Å². The Labute approximate surface area is 120 Å². The minimum atomic E-state index is -1.07. The third-order valence-corrected chi connectivity index (χ3v) is 2.97. The zero-order valence-electron chi connectivity index (χ0n) is 11.3. The minimum Gasteiger partial charge on any atom is -0.483 e. The maximum Gasteiger partial charge on any atom is 0.203 e. The molecule has 0 amide bonds. The summed E-state index contributed by atoms with van der Waals surface area (Å²) in [6.07, 6.45) is -0.858. The number of ketones is 1. The summed E-state index contributed by atoms with van der Waals surface area (Å²) in [5.74, 6) is -2.11. The van der Waals surface area contributed by atoms with E-state index in [0.717, 1.165) is 12.1 Å². The molecule has 1 atom stereocenters. The first kappa shape index (κ1) is 15.1. The van der Waals surface area contributed by atoms with Gasteiger partial charge in [-0.2, -0.15) is 0 Å². The van der Waals surface area contributed by atoms with Gasteiger partial charge in [0.25, 0.3) is 0 Å². The van der Waals surface area contributed by atoms with Gasteiger partial charge in [0.1, 0.15) is 5.75 Å². The third kappa shape index (κ3) is 3.64. The van der Waals surface area contributed by atoms with Crippen LogP contribution in [0.4, 0.5) is 8.78 Å². The largest absolute Gasteiger partial charge is 0.483 e. The predicted octanol–water partition coefficient (Wildman–Crippen LogP) is 3.11. The van der Waals surface area contributed by atoms with Crippen LogP contribution in [0.25, 0.3) is 0 Å². The van der Waals surface area contributed by atoms with E-state index in [-0.39, 0.29) is 12.2 Å². The smallest absolute Gasteiger partial charge is 0.203 e. The van der Waals surface area contributed by atoms with Crippen LogP contribution >= 0.6 is 0 Å². The number of aliphatic hydroxyl groups is 1. The molecule has 0 aliphatic heterocycles. The van der Waals surface area contributed by atoms with Gasteiger partial charge in [-0.05, 0) is 42.8 Å². The number of ether oxygens (including phenoxy) is 1. The molecule has 0 saturated heterocycles. The second-order valence-corrected chi connectivity index (χ2v) is 4.56. The van der Waals surface area contributed by atoms with Crippen LogP contribution in [0, 0.1) is 11.6 Å². The summed E-state index contributed by atoms with van der Waals surface area (Å²) in [6.45, 7) is 1.39. The van der Waals surface area contributed by atoms with E-state index < -0.39 is 23.5 Å². The highest BCUT2D eigenvalue weighted by atomic mass is 19.2. The van der Waals surface area contributed by atoms with Crippen LogP contribution < -0.4 is 4.74 Å². The molecule has 0 radical (unpaired) electrons. The quantitative estimate of drug-likeness (QED) is 0.861. The average molecular weight is 292 g/mol. The Morgan fingerprint density at radius 2 is 1.95 bits per heavy atom. The maximum atomic E-state index is 13.1. The molecule has 21 heavy (non-hydrogen) atoms. The van der Waals surface area contributed by atoms with Gasteiger partial charge in [0, 0.05) is 5.56 Å². The fraction of sp³-hybridized carbons (Fsp3) is 0.188. The van der Waals surface area contributed by atoms with Crippen molar-refractivity contribution in [3.63, 3.8) is 0 Å². The van der Waals surface area contributed by atoms with Gasteiger partial charge in [0.15, 0.2) is 17.7 Å². The van der Waals surface area contributed by atoms with Crippen LogP contribution in [0.15, 0.2) is 42.5 Å². The summed E-state index contributed by atoms with van der Waals surface area (Å²) in [5, 5.41) is 9.04. The molecule has 0 aliphatic rings. The first-order valence-corrected chi connectivity index (χ1v) is 6.37. The zero-order valence-corrected chi connectivity index (χ0v) is 11.3. The summed E-state index contributed by atoms with van der Waals surface area (Å²) < 4.78 is 31.5. The number of hydrogen-bond acceptors (Lipinski definition) is 3. The molecule has 0 heterocycles. The lowest BCUT2D eigenvalue weighted by molar-refractivity contribution is 0.0817. The van der Waals surface area contributed by atoms with Crippen molar-refractivity contribution in [3.8, 4) is 5.75 Å². The van der Waals surface area contributed by atoms with Crippen LogP contribution in [-0.4, -0.2) is 17.0 Å². The lowest BCUT2D eigenvalue weighted by Crippen LogP contribution is -2.24. The highest BCUT2D eigenvalue weighted by Gasteiger charge is 2.18. The van der Waals surface area contributed by atoms with Crippen LogP contribution in [0.3, 0.4) is 0 Å². The molecule has 0 bridgehead atoms. The van der Waals surface area contributed by atoms with Gasteiger partial charge >= 0.3 is 0 Å². The predicted molar refractivity (Wildman–Crippen MR) is 73.1 cm³/mol. The molecule has 0 spiro atoms. The molecular weight excluding hydrogens is 278 g/mol. The Morgan fingerprint density at radius 3 is 2.62 bits per heavy atom. The van der Waals surface area contributed by atoms with Gasteiger partial charge in [-0.1, -0.05) is 12.1 Å². The van der Waals surface area contributed by atoms with Crippen molar-refractivity contribution in [2.75, 3.05) is 0 Å². The van der Waals surface area contributed by atoms with Gasteiger partial charge in [-0.15, -0.1) is 0 Å². The van der Waals surface area contributed by atoms with E-state index in [9.17, 15) is 13.6 Å². The minimum absolute atomic E-state index is 0.0414. The molecule has 1 unspecified atom stereocenters. The highest BCUT2D eigenvalue weighted by molar-refractivity contribution is 5.99. The van der Waals surface area contributed by atoms with Crippen molar-refractivity contribution in [1.82, 2.24) is 0 Å². The second kappa shape index (κ2) is 6.45. The first-order valence-electron chi connectivity index (χ1n) is 6.37. The van der Waals surface area contributed by atoms with Crippen molar-refractivity contribution in [3.05, 3.63) is 65.2 Å². The monoisotopic (exact) mass is 292 g/mol. The highest BCUT2D eigenvalue weighted by Crippen LogP contribution is 2.17. The number of hydrogen-bond donors (Lipinski definition) is 1. The normalized spacial score (nSPS) is 12.0. The Kier molecular flexibility index (Phi) is 4.65. The van der Waals surface area contributed by atoms with E-state index in [4.69, 9.17) is 9.84 Å². The SMILES string of the molecule is CC(Oc1cccc(CO)c1)C(=O)c1ccc(F)c(F)c1. The Bertz CT molecular complexity index is 656. The Hall–Kier alpha value is -2.27. The summed E-state index contributed by atoms with van der Waals surface area (Å²) >= 11 is 0. The van der Waals surface area contributed by atoms with E-state index in [1.165, 1.54) is 13.0 Å². The van der Waals surface area contributed by atoms with Crippen LogP contribution in [0.5, 0.6) is 5.75 Å². The molecule has 2 aromatic rings. The number of halogens is 2. The Balaban J connectivity index is 2.13. The molecule has 5 heteroatoms. The number of carbonyl (C=O) groups is 1. The molecular formula is C16H14F2O3. The molecule has 0 fully saturated rings. The van der Waals surface area contributed by atoms with Crippen molar-refractivity contribution in [2.24, 2.45) is 0 Å². The van der Waals surface area contributed by atoms with Crippen LogP contribution in [0.1, 0.15) is 22.8 Å².